The average Bonchev–Trinajstić information content (AvgIpc) is 4.03. The third-order valence-electron chi connectivity index (χ3n) is 16.9. The van der Waals surface area contributed by atoms with Crippen LogP contribution < -0.4 is 4.74 Å². The normalized spacial score (nSPS) is 26.0. The van der Waals surface area contributed by atoms with Crippen molar-refractivity contribution in [1.82, 2.24) is 0 Å². The number of carbonyl (C=O) groups excluding carboxylic acids is 6. The number of esters is 6. The fourth-order valence-electron chi connectivity index (χ4n) is 9.49. The molecule has 3 aliphatic carbocycles. The summed E-state index contributed by atoms with van der Waals surface area (Å²) in [6, 6.07) is 10.5. The van der Waals surface area contributed by atoms with Crippen LogP contribution in [0.4, 0.5) is 0 Å². The minimum atomic E-state index is -0.772. The second kappa shape index (κ2) is 22.6. The van der Waals surface area contributed by atoms with E-state index < -0.39 is 33.7 Å². The van der Waals surface area contributed by atoms with Crippen molar-refractivity contribution in [1.29, 1.82) is 0 Å². The molecule has 13 heteroatoms. The van der Waals surface area contributed by atoms with Gasteiger partial charge in [0.2, 0.25) is 6.10 Å². The van der Waals surface area contributed by atoms with E-state index in [2.05, 4.69) is 20.8 Å². The summed E-state index contributed by atoms with van der Waals surface area (Å²) in [6.07, 6.45) is 9.16. The molecular weight excluding hydrogens is 905 g/mol. The monoisotopic (exact) mass is 993 g/mol. The van der Waals surface area contributed by atoms with Gasteiger partial charge in [-0.2, -0.15) is 0 Å². The molecule has 5 aliphatic rings. The van der Waals surface area contributed by atoms with Crippen molar-refractivity contribution < 1.29 is 62.3 Å². The first-order valence-electron chi connectivity index (χ1n) is 26.3. The number of hydrogen-bond acceptors (Lipinski definition) is 13. The molecule has 7 unspecified atom stereocenters. The molecule has 0 spiro atoms. The zero-order chi connectivity index (χ0) is 53.7. The van der Waals surface area contributed by atoms with Crippen LogP contribution in [0.15, 0.2) is 36.4 Å². The Hall–Kier alpha value is -4.68. The van der Waals surface area contributed by atoms with Crippen molar-refractivity contribution in [2.24, 2.45) is 50.2 Å². The zero-order valence-corrected chi connectivity index (χ0v) is 46.3. The van der Waals surface area contributed by atoms with Crippen LogP contribution in [0, 0.1) is 50.2 Å². The highest BCUT2D eigenvalue weighted by atomic mass is 16.6. The molecule has 3 saturated carbocycles. The number of rotatable bonds is 13. The van der Waals surface area contributed by atoms with Gasteiger partial charge < -0.3 is 33.5 Å². The zero-order valence-electron chi connectivity index (χ0n) is 46.3. The van der Waals surface area contributed by atoms with E-state index in [-0.39, 0.29) is 70.2 Å². The molecule has 5 fully saturated rings. The molecule has 0 radical (unpaired) electrons. The van der Waals surface area contributed by atoms with Gasteiger partial charge in [-0.3, -0.25) is 24.0 Å². The second-order valence-corrected chi connectivity index (χ2v) is 24.5. The SMILES string of the molecule is CCC(C)(C)C(=O)OC1(CC)CCCCC1(C)C.CCC(C)(C)C(=O)OC1C(=O)OCC1(C)C.CCC(C)(C)C(=O)OC1C2CC3C(=O)OC1C3C2.CCC(C)(C)C(=O)Oc1cccc2c(O)cccc12. The molecule has 398 valence electrons. The Labute approximate surface area is 424 Å². The van der Waals surface area contributed by atoms with E-state index in [1.54, 1.807) is 30.3 Å². The molecule has 2 heterocycles. The van der Waals surface area contributed by atoms with Gasteiger partial charge in [0, 0.05) is 33.4 Å². The Kier molecular flexibility index (Phi) is 18.8. The minimum Gasteiger partial charge on any atom is -0.507 e. The summed E-state index contributed by atoms with van der Waals surface area (Å²) >= 11 is 0. The molecule has 7 atom stereocenters. The maximum Gasteiger partial charge on any atom is 0.348 e. The highest BCUT2D eigenvalue weighted by molar-refractivity contribution is 5.94. The Morgan fingerprint density at radius 3 is 1.72 bits per heavy atom. The fourth-order valence-corrected chi connectivity index (χ4v) is 9.49. The highest BCUT2D eigenvalue weighted by Gasteiger charge is 2.63. The predicted molar refractivity (Wildman–Crippen MR) is 273 cm³/mol. The van der Waals surface area contributed by atoms with Gasteiger partial charge >= 0.3 is 35.8 Å². The van der Waals surface area contributed by atoms with Gasteiger partial charge in [0.05, 0.1) is 27.6 Å². The molecule has 0 aromatic heterocycles. The number of benzene rings is 2. The summed E-state index contributed by atoms with van der Waals surface area (Å²) in [5.41, 5.74) is -2.48. The number of cyclic esters (lactones) is 1. The Morgan fingerprint density at radius 1 is 0.662 bits per heavy atom. The summed E-state index contributed by atoms with van der Waals surface area (Å²) in [7, 11) is 0. The second-order valence-electron chi connectivity index (χ2n) is 24.5. The average molecular weight is 993 g/mol. The number of fused-ring (bicyclic) bond motifs is 2. The molecule has 71 heavy (non-hydrogen) atoms. The maximum atomic E-state index is 12.4. The van der Waals surface area contributed by atoms with Gasteiger partial charge in [0.15, 0.2) is 0 Å². The van der Waals surface area contributed by atoms with Gasteiger partial charge in [0.25, 0.3) is 0 Å². The lowest BCUT2D eigenvalue weighted by Crippen LogP contribution is -2.51. The highest BCUT2D eigenvalue weighted by Crippen LogP contribution is 2.56. The minimum absolute atomic E-state index is 0.0261. The standard InChI is InChI=1S/C16H18O3.C16H30O2.C14H20O4.C12H20O4/c1-4-16(2,3)15(18)19-14-10-6-7-11-12(14)8-5-9-13(11)17;1-7-14(3,4)13(17)18-16(8-2)12-10-9-11-15(16,5)6;1-4-14(2,3)13(16)18-10-7-5-8-9(6-7)12(15)17-11(8)10;1-6-11(2,3)10(14)16-8-9(13)15-7-12(8,4)5/h5-10,17H,4H2,1-3H3;7-12H2,1-6H3;7-11H,4-6H2,1-3H3;8H,6-7H2,1-5H3. The molecule has 2 aromatic carbocycles. The predicted octanol–water partition coefficient (Wildman–Crippen LogP) is 12.4. The van der Waals surface area contributed by atoms with Crippen LogP contribution in [0.2, 0.25) is 0 Å². The van der Waals surface area contributed by atoms with E-state index >= 15 is 0 Å². The van der Waals surface area contributed by atoms with Crippen LogP contribution >= 0.6 is 0 Å². The van der Waals surface area contributed by atoms with Crippen LogP contribution in [0.5, 0.6) is 11.5 Å². The summed E-state index contributed by atoms with van der Waals surface area (Å²) in [5.74, 6) is 0.0602. The van der Waals surface area contributed by atoms with Gasteiger partial charge in [-0.1, -0.05) is 93.0 Å². The van der Waals surface area contributed by atoms with E-state index in [9.17, 15) is 33.9 Å². The van der Waals surface area contributed by atoms with E-state index in [1.807, 2.05) is 103 Å². The van der Waals surface area contributed by atoms with Gasteiger partial charge in [-0.05, 0) is 132 Å². The number of carbonyl (C=O) groups is 6. The summed E-state index contributed by atoms with van der Waals surface area (Å²) in [5, 5.41) is 11.2. The smallest absolute Gasteiger partial charge is 0.348 e. The van der Waals surface area contributed by atoms with E-state index in [1.165, 1.54) is 12.8 Å². The van der Waals surface area contributed by atoms with E-state index in [4.69, 9.17) is 28.4 Å². The summed E-state index contributed by atoms with van der Waals surface area (Å²) in [6.45, 7) is 33.7. The van der Waals surface area contributed by atoms with Crippen molar-refractivity contribution in [3.63, 3.8) is 0 Å². The molecule has 1 N–H and O–H groups in total. The third-order valence-corrected chi connectivity index (χ3v) is 16.9. The van der Waals surface area contributed by atoms with Crippen LogP contribution in [0.1, 0.15) is 188 Å². The number of hydrogen-bond donors (Lipinski definition) is 1. The van der Waals surface area contributed by atoms with Crippen molar-refractivity contribution in [3.8, 4) is 11.5 Å². The lowest BCUT2D eigenvalue weighted by molar-refractivity contribution is -0.193. The van der Waals surface area contributed by atoms with Crippen molar-refractivity contribution in [2.75, 3.05) is 6.61 Å². The molecule has 7 rings (SSSR count). The first-order chi connectivity index (χ1) is 32.8. The number of ether oxygens (including phenoxy) is 6. The van der Waals surface area contributed by atoms with Gasteiger partial charge in [-0.25, -0.2) is 4.79 Å². The quantitative estimate of drug-likeness (QED) is 0.114. The molecular formula is C58H88O13. The maximum absolute atomic E-state index is 12.4. The number of aromatic hydroxyl groups is 1. The van der Waals surface area contributed by atoms with Crippen LogP contribution in [0.3, 0.4) is 0 Å². The first-order valence-corrected chi connectivity index (χ1v) is 26.3. The van der Waals surface area contributed by atoms with Gasteiger partial charge in [-0.15, -0.1) is 0 Å². The molecule has 2 saturated heterocycles. The van der Waals surface area contributed by atoms with Crippen molar-refractivity contribution in [3.05, 3.63) is 36.4 Å². The Morgan fingerprint density at radius 2 is 1.18 bits per heavy atom. The molecule has 2 aliphatic heterocycles. The number of phenolic OH excluding ortho intramolecular Hbond substituents is 1. The van der Waals surface area contributed by atoms with E-state index in [0.717, 1.165) is 50.3 Å². The topological polar surface area (TPSA) is 178 Å². The van der Waals surface area contributed by atoms with E-state index in [0.29, 0.717) is 42.4 Å². The first kappa shape index (κ1) is 58.9. The number of phenols is 1. The van der Waals surface area contributed by atoms with Crippen molar-refractivity contribution >= 4 is 46.6 Å². The lowest BCUT2D eigenvalue weighted by atomic mass is 9.64. The Balaban J connectivity index is 0.000000206. The fraction of sp³-hybridized carbons (Fsp3) is 0.724. The van der Waals surface area contributed by atoms with Crippen molar-refractivity contribution in [2.45, 2.75) is 212 Å². The Bertz CT molecular complexity index is 2230. The third kappa shape index (κ3) is 13.1. The van der Waals surface area contributed by atoms with Crippen LogP contribution in [-0.4, -0.2) is 71.4 Å². The molecule has 13 nitrogen and oxygen atoms in total. The lowest BCUT2D eigenvalue weighted by Gasteiger charge is -2.50. The summed E-state index contributed by atoms with van der Waals surface area (Å²) in [4.78, 5) is 71.5. The van der Waals surface area contributed by atoms with Crippen LogP contribution in [-0.2, 0) is 52.5 Å². The molecule has 2 aromatic rings. The molecule has 0 amide bonds. The molecule has 2 bridgehead atoms. The summed E-state index contributed by atoms with van der Waals surface area (Å²) < 4.78 is 32.8. The largest absolute Gasteiger partial charge is 0.507 e. The van der Waals surface area contributed by atoms with Crippen LogP contribution in [0.25, 0.3) is 10.8 Å². The van der Waals surface area contributed by atoms with Gasteiger partial charge in [0.1, 0.15) is 35.9 Å².